The molecule has 0 spiro atoms. The lowest BCUT2D eigenvalue weighted by atomic mass is 10.1. The van der Waals surface area contributed by atoms with Gasteiger partial charge in [0.05, 0.1) is 0 Å². The van der Waals surface area contributed by atoms with Crippen molar-refractivity contribution in [2.45, 2.75) is 38.6 Å². The Hall–Kier alpha value is -1.31. The predicted octanol–water partition coefficient (Wildman–Crippen LogP) is 3.19. The first kappa shape index (κ1) is 10.8. The normalized spacial score (nSPS) is 19.1. The number of nitrogens with zero attached hydrogens (tertiary/aromatic N) is 1. The van der Waals surface area contributed by atoms with Crippen molar-refractivity contribution < 1.29 is 4.79 Å². The number of aryl methyl sites for hydroxylation is 1. The summed E-state index contributed by atoms with van der Waals surface area (Å²) in [5, 5.41) is 0. The van der Waals surface area contributed by atoms with Crippen molar-refractivity contribution in [1.29, 1.82) is 0 Å². The van der Waals surface area contributed by atoms with Crippen molar-refractivity contribution in [3.63, 3.8) is 0 Å². The lowest BCUT2D eigenvalue weighted by Crippen LogP contribution is -2.28. The van der Waals surface area contributed by atoms with E-state index in [0.29, 0.717) is 0 Å². The average Bonchev–Trinajstić information content (AvgIpc) is 3.18. The summed E-state index contributed by atoms with van der Waals surface area (Å²) in [6.45, 7) is 3.33. The molecule has 2 aliphatic carbocycles. The average molecular weight is 229 g/mol. The van der Waals surface area contributed by atoms with Crippen LogP contribution in [0.1, 0.15) is 41.6 Å². The Morgan fingerprint density at radius 1 is 1.29 bits per heavy atom. The summed E-state index contributed by atoms with van der Waals surface area (Å²) >= 11 is 0. The van der Waals surface area contributed by atoms with Crippen molar-refractivity contribution >= 4 is 12.0 Å². The van der Waals surface area contributed by atoms with E-state index in [0.717, 1.165) is 23.8 Å². The molecule has 2 aliphatic rings. The molecule has 0 unspecified atom stereocenters. The molecule has 17 heavy (non-hydrogen) atoms. The lowest BCUT2D eigenvalue weighted by molar-refractivity contribution is 0.112. The maximum atomic E-state index is 10.8. The van der Waals surface area contributed by atoms with Crippen LogP contribution >= 0.6 is 0 Å². The van der Waals surface area contributed by atoms with Gasteiger partial charge in [-0.15, -0.1) is 0 Å². The van der Waals surface area contributed by atoms with Crippen LogP contribution in [0.25, 0.3) is 0 Å². The van der Waals surface area contributed by atoms with E-state index in [9.17, 15) is 4.79 Å². The predicted molar refractivity (Wildman–Crippen MR) is 69.7 cm³/mol. The standard InChI is InChI=1S/C15H19NO/c1-11-8-13(10-17)4-7-15(11)16(14-5-6-14)9-12-2-3-12/h4,7-8,10,12,14H,2-3,5-6,9H2,1H3. The van der Waals surface area contributed by atoms with Gasteiger partial charge in [-0.05, 0) is 62.3 Å². The van der Waals surface area contributed by atoms with Crippen LogP contribution in [0.3, 0.4) is 0 Å². The summed E-state index contributed by atoms with van der Waals surface area (Å²) in [6.07, 6.45) is 6.39. The highest BCUT2D eigenvalue weighted by Gasteiger charge is 2.34. The highest BCUT2D eigenvalue weighted by Crippen LogP contribution is 2.38. The highest BCUT2D eigenvalue weighted by molar-refractivity contribution is 5.77. The second-order valence-corrected chi connectivity index (χ2v) is 5.49. The van der Waals surface area contributed by atoms with Crippen LogP contribution in [0.2, 0.25) is 0 Å². The van der Waals surface area contributed by atoms with E-state index >= 15 is 0 Å². The number of aldehydes is 1. The quantitative estimate of drug-likeness (QED) is 0.723. The number of benzene rings is 1. The molecule has 0 N–H and O–H groups in total. The van der Waals surface area contributed by atoms with Crippen molar-refractivity contribution in [3.8, 4) is 0 Å². The first-order valence-electron chi connectivity index (χ1n) is 6.60. The SMILES string of the molecule is Cc1cc(C=O)ccc1N(CC1CC1)C1CC1. The Bertz CT molecular complexity index is 433. The molecule has 90 valence electrons. The van der Waals surface area contributed by atoms with Crippen LogP contribution in [0.4, 0.5) is 5.69 Å². The van der Waals surface area contributed by atoms with Crippen LogP contribution < -0.4 is 4.90 Å². The first-order valence-corrected chi connectivity index (χ1v) is 6.60. The molecule has 3 rings (SSSR count). The Morgan fingerprint density at radius 3 is 2.59 bits per heavy atom. The van der Waals surface area contributed by atoms with Crippen LogP contribution in [-0.4, -0.2) is 18.9 Å². The summed E-state index contributed by atoms with van der Waals surface area (Å²) in [5.41, 5.74) is 3.36. The summed E-state index contributed by atoms with van der Waals surface area (Å²) in [5.74, 6) is 0.917. The molecule has 1 aromatic rings. The molecule has 2 fully saturated rings. The number of rotatable bonds is 5. The third-order valence-electron chi connectivity index (χ3n) is 3.81. The van der Waals surface area contributed by atoms with Gasteiger partial charge in [0.1, 0.15) is 6.29 Å². The van der Waals surface area contributed by atoms with E-state index in [1.807, 2.05) is 12.1 Å². The van der Waals surface area contributed by atoms with Gasteiger partial charge >= 0.3 is 0 Å². The minimum Gasteiger partial charge on any atom is -0.368 e. The molecule has 1 aromatic carbocycles. The molecule has 2 heteroatoms. The third kappa shape index (κ3) is 2.36. The fourth-order valence-electron chi connectivity index (χ4n) is 2.48. The smallest absolute Gasteiger partial charge is 0.150 e. The van der Waals surface area contributed by atoms with Crippen LogP contribution in [0.15, 0.2) is 18.2 Å². The number of carbonyl (C=O) groups is 1. The molecule has 2 saturated carbocycles. The molecule has 0 heterocycles. The fraction of sp³-hybridized carbons (Fsp3) is 0.533. The zero-order chi connectivity index (χ0) is 11.8. The van der Waals surface area contributed by atoms with E-state index in [2.05, 4.69) is 17.9 Å². The van der Waals surface area contributed by atoms with Crippen molar-refractivity contribution in [2.24, 2.45) is 5.92 Å². The topological polar surface area (TPSA) is 20.3 Å². The lowest BCUT2D eigenvalue weighted by Gasteiger charge is -2.26. The number of carbonyl (C=O) groups excluding carboxylic acids is 1. The minimum absolute atomic E-state index is 0.761. The van der Waals surface area contributed by atoms with Crippen LogP contribution in [0, 0.1) is 12.8 Å². The van der Waals surface area contributed by atoms with Gasteiger partial charge < -0.3 is 4.90 Å². The van der Waals surface area contributed by atoms with E-state index in [1.165, 1.54) is 43.5 Å². The summed E-state index contributed by atoms with van der Waals surface area (Å²) < 4.78 is 0. The maximum Gasteiger partial charge on any atom is 0.150 e. The number of hydrogen-bond acceptors (Lipinski definition) is 2. The van der Waals surface area contributed by atoms with Gasteiger partial charge in [-0.2, -0.15) is 0 Å². The molecule has 0 atom stereocenters. The molecule has 0 aromatic heterocycles. The largest absolute Gasteiger partial charge is 0.368 e. The molecular weight excluding hydrogens is 210 g/mol. The zero-order valence-corrected chi connectivity index (χ0v) is 10.4. The second kappa shape index (κ2) is 4.17. The van der Waals surface area contributed by atoms with E-state index in [-0.39, 0.29) is 0 Å². The van der Waals surface area contributed by atoms with Gasteiger partial charge in [-0.25, -0.2) is 0 Å². The van der Waals surface area contributed by atoms with Gasteiger partial charge in [0.15, 0.2) is 0 Å². The monoisotopic (exact) mass is 229 g/mol. The van der Waals surface area contributed by atoms with E-state index < -0.39 is 0 Å². The van der Waals surface area contributed by atoms with Crippen molar-refractivity contribution in [3.05, 3.63) is 29.3 Å². The third-order valence-corrected chi connectivity index (χ3v) is 3.81. The highest BCUT2D eigenvalue weighted by atomic mass is 16.1. The molecule has 0 radical (unpaired) electrons. The van der Waals surface area contributed by atoms with Gasteiger partial charge in [0, 0.05) is 23.8 Å². The van der Waals surface area contributed by atoms with Gasteiger partial charge in [-0.1, -0.05) is 0 Å². The minimum atomic E-state index is 0.761. The fourth-order valence-corrected chi connectivity index (χ4v) is 2.48. The molecule has 0 bridgehead atoms. The van der Waals surface area contributed by atoms with Crippen molar-refractivity contribution in [2.75, 3.05) is 11.4 Å². The summed E-state index contributed by atoms with van der Waals surface area (Å²) in [4.78, 5) is 13.3. The maximum absolute atomic E-state index is 10.8. The zero-order valence-electron chi connectivity index (χ0n) is 10.4. The summed E-state index contributed by atoms with van der Waals surface area (Å²) in [6, 6.07) is 6.83. The summed E-state index contributed by atoms with van der Waals surface area (Å²) in [7, 11) is 0. The van der Waals surface area contributed by atoms with Gasteiger partial charge in [0.2, 0.25) is 0 Å². The number of anilines is 1. The first-order chi connectivity index (χ1) is 8.28. The van der Waals surface area contributed by atoms with E-state index in [4.69, 9.17) is 0 Å². The van der Waals surface area contributed by atoms with E-state index in [1.54, 1.807) is 0 Å². The Kier molecular flexibility index (Phi) is 2.65. The molecule has 0 aliphatic heterocycles. The van der Waals surface area contributed by atoms with Crippen molar-refractivity contribution in [1.82, 2.24) is 0 Å². The molecule has 0 amide bonds. The Labute approximate surface area is 103 Å². The molecule has 0 saturated heterocycles. The van der Waals surface area contributed by atoms with Crippen LogP contribution in [-0.2, 0) is 0 Å². The molecular formula is C15H19NO. The van der Waals surface area contributed by atoms with Crippen LogP contribution in [0.5, 0.6) is 0 Å². The number of hydrogen-bond donors (Lipinski definition) is 0. The molecule has 2 nitrogen and oxygen atoms in total. The van der Waals surface area contributed by atoms with Gasteiger partial charge in [-0.3, -0.25) is 4.79 Å². The Balaban J connectivity index is 1.85. The van der Waals surface area contributed by atoms with Gasteiger partial charge in [0.25, 0.3) is 0 Å². The second-order valence-electron chi connectivity index (χ2n) is 5.49. The Morgan fingerprint density at radius 2 is 2.06 bits per heavy atom.